The molecule has 0 fully saturated rings. The number of halogens is 1. The van der Waals surface area contributed by atoms with Crippen molar-refractivity contribution in [3.8, 4) is 0 Å². The van der Waals surface area contributed by atoms with E-state index in [-0.39, 0.29) is 11.7 Å². The number of nitrogens with zero attached hydrogens (tertiary/aromatic N) is 2. The smallest absolute Gasteiger partial charge is 0.268 e. The van der Waals surface area contributed by atoms with Gasteiger partial charge < -0.3 is 9.88 Å². The lowest BCUT2D eigenvalue weighted by Gasteiger charge is -2.06. The molecule has 2 heterocycles. The minimum atomic E-state index is -0.323. The number of aromatic nitrogens is 2. The van der Waals surface area contributed by atoms with Gasteiger partial charge in [-0.1, -0.05) is 6.07 Å². The van der Waals surface area contributed by atoms with Gasteiger partial charge in [-0.05, 0) is 35.9 Å². The number of benzene rings is 1. The van der Waals surface area contributed by atoms with Crippen LogP contribution < -0.4 is 5.32 Å². The van der Waals surface area contributed by atoms with Crippen molar-refractivity contribution >= 4 is 16.8 Å². The van der Waals surface area contributed by atoms with Crippen molar-refractivity contribution in [2.75, 3.05) is 0 Å². The number of hydrogen-bond acceptors (Lipinski definition) is 2. The van der Waals surface area contributed by atoms with E-state index in [1.807, 2.05) is 12.1 Å². The van der Waals surface area contributed by atoms with Crippen LogP contribution in [0.5, 0.6) is 0 Å². The van der Waals surface area contributed by atoms with Crippen molar-refractivity contribution in [3.05, 3.63) is 65.9 Å². The number of rotatable bonds is 3. The fraction of sp³-hybridized carbons (Fsp3) is 0.125. The summed E-state index contributed by atoms with van der Waals surface area (Å²) in [5.41, 5.74) is 2.09. The van der Waals surface area contributed by atoms with Gasteiger partial charge in [-0.2, -0.15) is 0 Å². The molecule has 3 rings (SSSR count). The zero-order chi connectivity index (χ0) is 14.8. The molecule has 0 unspecified atom stereocenters. The van der Waals surface area contributed by atoms with Crippen LogP contribution in [0.1, 0.15) is 16.1 Å². The van der Waals surface area contributed by atoms with Crippen LogP contribution in [-0.4, -0.2) is 15.5 Å². The summed E-state index contributed by atoms with van der Waals surface area (Å²) in [7, 11) is 1.75. The van der Waals surface area contributed by atoms with Crippen molar-refractivity contribution in [2.45, 2.75) is 6.54 Å². The number of pyridine rings is 1. The summed E-state index contributed by atoms with van der Waals surface area (Å²) >= 11 is 0. The molecule has 0 radical (unpaired) electrons. The minimum Gasteiger partial charge on any atom is -0.347 e. The van der Waals surface area contributed by atoms with Gasteiger partial charge in [-0.15, -0.1) is 0 Å². The number of carbonyl (C=O) groups excluding carboxylic acids is 1. The molecule has 1 N–H and O–H groups in total. The summed E-state index contributed by atoms with van der Waals surface area (Å²) in [6.45, 7) is 0.408. The molecule has 1 aromatic carbocycles. The molecule has 106 valence electrons. The van der Waals surface area contributed by atoms with Crippen molar-refractivity contribution in [3.63, 3.8) is 0 Å². The second-order valence-electron chi connectivity index (χ2n) is 4.80. The van der Waals surface area contributed by atoms with Gasteiger partial charge in [0.1, 0.15) is 11.5 Å². The zero-order valence-electron chi connectivity index (χ0n) is 11.5. The molecular formula is C16H14FN3O. The molecule has 5 heteroatoms. The van der Waals surface area contributed by atoms with E-state index in [4.69, 9.17) is 0 Å². The molecule has 0 spiro atoms. The molecule has 4 nitrogen and oxygen atoms in total. The predicted octanol–water partition coefficient (Wildman–Crippen LogP) is 2.64. The Hall–Kier alpha value is -2.69. The Morgan fingerprint density at radius 3 is 2.76 bits per heavy atom. The maximum absolute atomic E-state index is 13.7. The molecule has 0 bridgehead atoms. The monoisotopic (exact) mass is 283 g/mol. The van der Waals surface area contributed by atoms with E-state index >= 15 is 0 Å². The molecule has 1 amide bonds. The number of carbonyl (C=O) groups is 1. The summed E-state index contributed by atoms with van der Waals surface area (Å²) in [6, 6.07) is 10.1. The van der Waals surface area contributed by atoms with Gasteiger partial charge >= 0.3 is 0 Å². The largest absolute Gasteiger partial charge is 0.347 e. The Bertz CT molecular complexity index is 796. The van der Waals surface area contributed by atoms with Gasteiger partial charge in [0.15, 0.2) is 0 Å². The Kier molecular flexibility index (Phi) is 3.39. The lowest BCUT2D eigenvalue weighted by Crippen LogP contribution is -2.24. The Balaban J connectivity index is 1.85. The van der Waals surface area contributed by atoms with Gasteiger partial charge in [0.2, 0.25) is 0 Å². The topological polar surface area (TPSA) is 46.9 Å². The first-order valence-corrected chi connectivity index (χ1v) is 6.58. The maximum Gasteiger partial charge on any atom is 0.268 e. The summed E-state index contributed by atoms with van der Waals surface area (Å²) in [6.07, 6.45) is 3.35. The average molecular weight is 283 g/mol. The molecule has 3 aromatic rings. The SMILES string of the molecule is Cn1c(C(=O)NCc2ccncc2)cc2c(F)cccc21. The van der Waals surface area contributed by atoms with Crippen molar-refractivity contribution in [1.29, 1.82) is 0 Å². The van der Waals surface area contributed by atoms with Gasteiger partial charge in [-0.25, -0.2) is 4.39 Å². The highest BCUT2D eigenvalue weighted by Gasteiger charge is 2.14. The second-order valence-corrected chi connectivity index (χ2v) is 4.80. The van der Waals surface area contributed by atoms with Crippen LogP contribution in [0.2, 0.25) is 0 Å². The number of amides is 1. The van der Waals surface area contributed by atoms with E-state index in [1.54, 1.807) is 42.2 Å². The average Bonchev–Trinajstić information content (AvgIpc) is 2.85. The third-order valence-corrected chi connectivity index (χ3v) is 3.47. The number of aryl methyl sites for hydroxylation is 1. The molecule has 0 atom stereocenters. The standard InChI is InChI=1S/C16H14FN3O/c1-20-14-4-2-3-13(17)12(14)9-15(20)16(21)19-10-11-5-7-18-8-6-11/h2-9H,10H2,1H3,(H,19,21). The van der Waals surface area contributed by atoms with Gasteiger partial charge in [0.05, 0.1) is 5.52 Å². The minimum absolute atomic E-state index is 0.232. The Morgan fingerprint density at radius 2 is 2.05 bits per heavy atom. The van der Waals surface area contributed by atoms with E-state index in [0.717, 1.165) is 5.56 Å². The first kappa shape index (κ1) is 13.3. The number of fused-ring (bicyclic) bond motifs is 1. The van der Waals surface area contributed by atoms with Crippen LogP contribution in [-0.2, 0) is 13.6 Å². The Labute approximate surface area is 121 Å². The third-order valence-electron chi connectivity index (χ3n) is 3.47. The van der Waals surface area contributed by atoms with Crippen molar-refractivity contribution < 1.29 is 9.18 Å². The summed E-state index contributed by atoms with van der Waals surface area (Å²) < 4.78 is 15.4. The normalized spacial score (nSPS) is 10.8. The molecule has 21 heavy (non-hydrogen) atoms. The Morgan fingerprint density at radius 1 is 1.29 bits per heavy atom. The van der Waals surface area contributed by atoms with Gasteiger partial charge in [0.25, 0.3) is 5.91 Å². The molecule has 0 aliphatic rings. The van der Waals surface area contributed by atoms with E-state index in [1.165, 1.54) is 6.07 Å². The van der Waals surface area contributed by atoms with Crippen LogP contribution in [0, 0.1) is 5.82 Å². The number of nitrogens with one attached hydrogen (secondary N) is 1. The third kappa shape index (κ3) is 2.50. The van der Waals surface area contributed by atoms with Crippen LogP contribution >= 0.6 is 0 Å². The molecule has 0 aliphatic heterocycles. The lowest BCUT2D eigenvalue weighted by atomic mass is 10.2. The fourth-order valence-electron chi connectivity index (χ4n) is 2.32. The van der Waals surface area contributed by atoms with Crippen molar-refractivity contribution in [2.24, 2.45) is 7.05 Å². The quantitative estimate of drug-likeness (QED) is 0.803. The fourth-order valence-corrected chi connectivity index (χ4v) is 2.32. The highest BCUT2D eigenvalue weighted by atomic mass is 19.1. The first-order valence-electron chi connectivity index (χ1n) is 6.58. The zero-order valence-corrected chi connectivity index (χ0v) is 11.5. The molecule has 0 aliphatic carbocycles. The molecule has 0 saturated heterocycles. The van der Waals surface area contributed by atoms with Crippen LogP contribution in [0.15, 0.2) is 48.8 Å². The molecule has 0 saturated carbocycles. The van der Waals surface area contributed by atoms with Crippen LogP contribution in [0.3, 0.4) is 0 Å². The highest BCUT2D eigenvalue weighted by Crippen LogP contribution is 2.21. The highest BCUT2D eigenvalue weighted by molar-refractivity contribution is 5.98. The molecular weight excluding hydrogens is 269 g/mol. The van der Waals surface area contributed by atoms with E-state index in [0.29, 0.717) is 23.1 Å². The second kappa shape index (κ2) is 5.36. The lowest BCUT2D eigenvalue weighted by molar-refractivity contribution is 0.0943. The van der Waals surface area contributed by atoms with E-state index in [9.17, 15) is 9.18 Å². The van der Waals surface area contributed by atoms with Gasteiger partial charge in [-0.3, -0.25) is 9.78 Å². The summed E-state index contributed by atoms with van der Waals surface area (Å²) in [4.78, 5) is 16.2. The molecule has 2 aromatic heterocycles. The van der Waals surface area contributed by atoms with E-state index < -0.39 is 0 Å². The maximum atomic E-state index is 13.7. The number of hydrogen-bond donors (Lipinski definition) is 1. The van der Waals surface area contributed by atoms with Crippen LogP contribution in [0.25, 0.3) is 10.9 Å². The summed E-state index contributed by atoms with van der Waals surface area (Å²) in [5.74, 6) is -0.554. The summed E-state index contributed by atoms with van der Waals surface area (Å²) in [5, 5.41) is 3.28. The van der Waals surface area contributed by atoms with E-state index in [2.05, 4.69) is 10.3 Å². The van der Waals surface area contributed by atoms with Crippen LogP contribution in [0.4, 0.5) is 4.39 Å². The first-order chi connectivity index (χ1) is 10.2. The van der Waals surface area contributed by atoms with Gasteiger partial charge in [0, 0.05) is 31.4 Å². The van der Waals surface area contributed by atoms with Crippen molar-refractivity contribution in [1.82, 2.24) is 14.9 Å². The predicted molar refractivity (Wildman–Crippen MR) is 78.3 cm³/mol.